The monoisotopic (exact) mass is 144 g/mol. The molecule has 0 radical (unpaired) electrons. The van der Waals surface area contributed by atoms with E-state index >= 15 is 0 Å². The van der Waals surface area contributed by atoms with Gasteiger partial charge in [0, 0.05) is 11.3 Å². The molecule has 0 rings (SSSR count). The van der Waals surface area contributed by atoms with Crippen molar-refractivity contribution in [1.82, 2.24) is 5.32 Å². The second kappa shape index (κ2) is 3.62. The molecule has 0 unspecified atom stereocenters. The van der Waals surface area contributed by atoms with Crippen molar-refractivity contribution in [2.24, 2.45) is 0 Å². The smallest absolute Gasteiger partial charge is 0.176 e. The van der Waals surface area contributed by atoms with Crippen LogP contribution in [0.25, 0.3) is 0 Å². The zero-order valence-electron chi connectivity index (χ0n) is 6.06. The van der Waals surface area contributed by atoms with E-state index in [1.54, 1.807) is 11.8 Å². The van der Waals surface area contributed by atoms with E-state index in [0.29, 0.717) is 0 Å². The van der Waals surface area contributed by atoms with Gasteiger partial charge in [0.25, 0.3) is 0 Å². The maximum atomic E-state index is 8.15. The van der Waals surface area contributed by atoms with Crippen LogP contribution in [-0.2, 0) is 0 Å². The Morgan fingerprint density at radius 3 is 2.56 bits per heavy atom. The van der Waals surface area contributed by atoms with Crippen molar-refractivity contribution in [2.75, 3.05) is 12.8 Å². The van der Waals surface area contributed by atoms with Gasteiger partial charge in [-0.3, -0.25) is 0 Å². The molecule has 3 heteroatoms. The fraction of sp³-hybridized carbons (Fsp3) is 0.833. The van der Waals surface area contributed by atoms with Crippen LogP contribution in [0.2, 0.25) is 0 Å². The van der Waals surface area contributed by atoms with Crippen molar-refractivity contribution in [3.8, 4) is 6.19 Å². The first kappa shape index (κ1) is 8.64. The van der Waals surface area contributed by atoms with Gasteiger partial charge in [-0.2, -0.15) is 17.0 Å². The Morgan fingerprint density at radius 1 is 1.67 bits per heavy atom. The number of nitrogens with zero attached hydrogens (tertiary/aromatic N) is 1. The summed E-state index contributed by atoms with van der Waals surface area (Å²) in [5.74, 6) is 0. The van der Waals surface area contributed by atoms with Crippen LogP contribution >= 0.6 is 11.8 Å². The Morgan fingerprint density at radius 2 is 2.22 bits per heavy atom. The van der Waals surface area contributed by atoms with Crippen LogP contribution in [0.5, 0.6) is 0 Å². The van der Waals surface area contributed by atoms with Crippen LogP contribution in [0.15, 0.2) is 0 Å². The van der Waals surface area contributed by atoms with E-state index < -0.39 is 0 Å². The van der Waals surface area contributed by atoms with E-state index in [-0.39, 0.29) is 4.75 Å². The van der Waals surface area contributed by atoms with Gasteiger partial charge in [0.2, 0.25) is 0 Å². The number of nitrogens with one attached hydrogen (secondary N) is 1. The summed E-state index contributed by atoms with van der Waals surface area (Å²) in [6.07, 6.45) is 3.94. The number of nitriles is 1. The highest BCUT2D eigenvalue weighted by Crippen LogP contribution is 2.18. The van der Waals surface area contributed by atoms with E-state index in [1.165, 1.54) is 0 Å². The van der Waals surface area contributed by atoms with Gasteiger partial charge in [0.05, 0.1) is 0 Å². The van der Waals surface area contributed by atoms with Gasteiger partial charge >= 0.3 is 0 Å². The van der Waals surface area contributed by atoms with Crippen LogP contribution in [-0.4, -0.2) is 17.5 Å². The topological polar surface area (TPSA) is 35.8 Å². The lowest BCUT2D eigenvalue weighted by atomic mass is 10.2. The van der Waals surface area contributed by atoms with Crippen molar-refractivity contribution in [3.05, 3.63) is 0 Å². The first-order valence-corrected chi connectivity index (χ1v) is 4.02. The summed E-state index contributed by atoms with van der Waals surface area (Å²) in [5, 5.41) is 10.8. The van der Waals surface area contributed by atoms with Gasteiger partial charge in [-0.05, 0) is 20.1 Å². The summed E-state index contributed by atoms with van der Waals surface area (Å²) >= 11 is 1.75. The predicted molar refractivity (Wildman–Crippen MR) is 41.2 cm³/mol. The van der Waals surface area contributed by atoms with Gasteiger partial charge in [0.15, 0.2) is 6.19 Å². The summed E-state index contributed by atoms with van der Waals surface area (Å²) in [7, 11) is 0. The second-order valence-electron chi connectivity index (χ2n) is 2.43. The average Bonchev–Trinajstić information content (AvgIpc) is 1.84. The van der Waals surface area contributed by atoms with Gasteiger partial charge in [-0.1, -0.05) is 0 Å². The predicted octanol–water partition coefficient (Wildman–Crippen LogP) is 1.20. The molecule has 0 aromatic carbocycles. The molecule has 0 aliphatic carbocycles. The molecule has 0 spiro atoms. The fourth-order valence-electron chi connectivity index (χ4n) is 0.325. The molecule has 0 saturated carbocycles. The van der Waals surface area contributed by atoms with Crippen molar-refractivity contribution in [3.63, 3.8) is 0 Å². The van der Waals surface area contributed by atoms with E-state index in [9.17, 15) is 0 Å². The van der Waals surface area contributed by atoms with Crippen LogP contribution in [0.4, 0.5) is 0 Å². The van der Waals surface area contributed by atoms with Crippen LogP contribution in [0, 0.1) is 11.5 Å². The lowest BCUT2D eigenvalue weighted by Gasteiger charge is -2.19. The summed E-state index contributed by atoms with van der Waals surface area (Å²) in [6.45, 7) is 4.94. The average molecular weight is 144 g/mol. The summed E-state index contributed by atoms with van der Waals surface area (Å²) in [5.41, 5.74) is 0. The number of hydrogen-bond acceptors (Lipinski definition) is 3. The SMILES string of the molecule is CSC(C)(C)CNC#N. The van der Waals surface area contributed by atoms with Gasteiger partial charge in [0.1, 0.15) is 0 Å². The maximum absolute atomic E-state index is 8.15. The molecule has 0 bridgehead atoms. The normalized spacial score (nSPS) is 10.4. The molecule has 1 N–H and O–H groups in total. The van der Waals surface area contributed by atoms with Crippen LogP contribution < -0.4 is 5.32 Å². The summed E-state index contributed by atoms with van der Waals surface area (Å²) in [6, 6.07) is 0. The lowest BCUT2D eigenvalue weighted by molar-refractivity contribution is 0.669. The van der Waals surface area contributed by atoms with Crippen LogP contribution in [0.3, 0.4) is 0 Å². The van der Waals surface area contributed by atoms with Crippen molar-refractivity contribution in [2.45, 2.75) is 18.6 Å². The van der Waals surface area contributed by atoms with Crippen molar-refractivity contribution >= 4 is 11.8 Å². The molecule has 0 aliphatic rings. The molecule has 0 heterocycles. The van der Waals surface area contributed by atoms with E-state index in [2.05, 4.69) is 19.2 Å². The van der Waals surface area contributed by atoms with E-state index in [1.807, 2.05) is 12.4 Å². The molecule has 0 aromatic rings. The molecule has 52 valence electrons. The minimum atomic E-state index is 0.176. The number of hydrogen-bond donors (Lipinski definition) is 1. The highest BCUT2D eigenvalue weighted by Gasteiger charge is 2.14. The number of rotatable bonds is 3. The van der Waals surface area contributed by atoms with Crippen molar-refractivity contribution in [1.29, 1.82) is 5.26 Å². The van der Waals surface area contributed by atoms with Crippen molar-refractivity contribution < 1.29 is 0 Å². The fourth-order valence-corrected chi connectivity index (χ4v) is 0.541. The van der Waals surface area contributed by atoms with E-state index in [4.69, 9.17) is 5.26 Å². The third-order valence-electron chi connectivity index (χ3n) is 1.15. The minimum absolute atomic E-state index is 0.176. The Hall–Kier alpha value is -0.360. The summed E-state index contributed by atoms with van der Waals surface area (Å²) in [4.78, 5) is 0. The maximum Gasteiger partial charge on any atom is 0.176 e. The highest BCUT2D eigenvalue weighted by atomic mass is 32.2. The lowest BCUT2D eigenvalue weighted by Crippen LogP contribution is -2.28. The molecule has 0 amide bonds. The molecular formula is C6H12N2S. The van der Waals surface area contributed by atoms with Gasteiger partial charge < -0.3 is 5.32 Å². The molecule has 9 heavy (non-hydrogen) atoms. The second-order valence-corrected chi connectivity index (χ2v) is 3.94. The molecular weight excluding hydrogens is 132 g/mol. The molecule has 0 atom stereocenters. The van der Waals surface area contributed by atoms with E-state index in [0.717, 1.165) is 6.54 Å². The Balaban J connectivity index is 3.48. The zero-order chi connectivity index (χ0) is 7.33. The molecule has 0 aromatic heterocycles. The molecule has 0 saturated heterocycles. The minimum Gasteiger partial charge on any atom is -0.322 e. The largest absolute Gasteiger partial charge is 0.322 e. The molecule has 0 aliphatic heterocycles. The zero-order valence-corrected chi connectivity index (χ0v) is 6.88. The quantitative estimate of drug-likeness (QED) is 0.477. The first-order valence-electron chi connectivity index (χ1n) is 2.79. The van der Waals surface area contributed by atoms with Crippen LogP contribution in [0.1, 0.15) is 13.8 Å². The molecule has 0 fully saturated rings. The van der Waals surface area contributed by atoms with Gasteiger partial charge in [-0.15, -0.1) is 0 Å². The number of thioether (sulfide) groups is 1. The Labute approximate surface area is 60.6 Å². The Kier molecular flexibility index (Phi) is 3.48. The third kappa shape index (κ3) is 4.16. The highest BCUT2D eigenvalue weighted by molar-refractivity contribution is 7.99. The standard InChI is InChI=1S/C6H12N2S/c1-6(2,9-3)4-8-5-7/h8H,4H2,1-3H3. The first-order chi connectivity index (χ1) is 4.12. The molecule has 2 nitrogen and oxygen atoms in total. The Bertz CT molecular complexity index is 115. The third-order valence-corrected chi connectivity index (χ3v) is 2.40. The summed E-state index contributed by atoms with van der Waals surface area (Å²) < 4.78 is 0.176. The van der Waals surface area contributed by atoms with Gasteiger partial charge in [-0.25, -0.2) is 0 Å².